The highest BCUT2D eigenvalue weighted by Crippen LogP contribution is 2.32. The quantitative estimate of drug-likeness (QED) is 0.839. The van der Waals surface area contributed by atoms with Gasteiger partial charge in [0.2, 0.25) is 0 Å². The third-order valence-corrected chi connectivity index (χ3v) is 4.26. The zero-order valence-electron chi connectivity index (χ0n) is 13.7. The SMILES string of the molecule is CC(C)c1cccc([C@@H](CCC(F)(F)F)N2CCNCC2)c1.Cl. The zero-order chi connectivity index (χ0) is 16.2. The lowest BCUT2D eigenvalue weighted by atomic mass is 9.94. The van der Waals surface area contributed by atoms with Crippen molar-refractivity contribution in [2.24, 2.45) is 0 Å². The van der Waals surface area contributed by atoms with Gasteiger partial charge in [0, 0.05) is 38.6 Å². The molecule has 0 radical (unpaired) electrons. The lowest BCUT2D eigenvalue weighted by Crippen LogP contribution is -2.45. The van der Waals surface area contributed by atoms with E-state index in [1.54, 1.807) is 0 Å². The first kappa shape index (κ1) is 20.3. The largest absolute Gasteiger partial charge is 0.389 e. The number of benzene rings is 1. The molecule has 0 saturated carbocycles. The summed E-state index contributed by atoms with van der Waals surface area (Å²) in [7, 11) is 0. The van der Waals surface area contributed by atoms with Gasteiger partial charge in [0.05, 0.1) is 0 Å². The summed E-state index contributed by atoms with van der Waals surface area (Å²) in [4.78, 5) is 2.18. The van der Waals surface area contributed by atoms with Crippen molar-refractivity contribution in [2.45, 2.75) is 44.8 Å². The molecule has 1 atom stereocenters. The minimum absolute atomic E-state index is 0. The first-order valence-electron chi connectivity index (χ1n) is 7.98. The van der Waals surface area contributed by atoms with Crippen molar-refractivity contribution in [3.63, 3.8) is 0 Å². The summed E-state index contributed by atoms with van der Waals surface area (Å²) in [6.45, 7) is 7.49. The molecule has 1 aliphatic rings. The van der Waals surface area contributed by atoms with Gasteiger partial charge in [0.25, 0.3) is 0 Å². The number of rotatable bonds is 5. The fourth-order valence-electron chi connectivity index (χ4n) is 2.98. The molecule has 1 saturated heterocycles. The molecule has 1 aromatic rings. The first-order chi connectivity index (χ1) is 10.4. The van der Waals surface area contributed by atoms with Gasteiger partial charge in [-0.3, -0.25) is 4.90 Å². The second-order valence-electron chi connectivity index (χ2n) is 6.28. The van der Waals surface area contributed by atoms with Crippen LogP contribution in [-0.4, -0.2) is 37.3 Å². The Bertz CT molecular complexity index is 471. The standard InChI is InChI=1S/C17H25F3N2.ClH/c1-13(2)14-4-3-5-15(12-14)16(6-7-17(18,19)20)22-10-8-21-9-11-22;/h3-5,12-13,16,21H,6-11H2,1-2H3;1H/t16-;/m1./s1. The van der Waals surface area contributed by atoms with E-state index in [1.165, 1.54) is 5.56 Å². The third kappa shape index (κ3) is 6.32. The Kier molecular flexibility index (Phi) is 7.84. The normalized spacial score (nSPS) is 17.8. The summed E-state index contributed by atoms with van der Waals surface area (Å²) in [6.07, 6.45) is -4.69. The van der Waals surface area contributed by atoms with E-state index in [4.69, 9.17) is 0 Å². The smallest absolute Gasteiger partial charge is 0.314 e. The van der Waals surface area contributed by atoms with Gasteiger partial charge in [-0.15, -0.1) is 12.4 Å². The van der Waals surface area contributed by atoms with Crippen LogP contribution in [0.4, 0.5) is 13.2 Å². The monoisotopic (exact) mass is 350 g/mol. The zero-order valence-corrected chi connectivity index (χ0v) is 14.5. The Morgan fingerprint density at radius 1 is 1.13 bits per heavy atom. The Morgan fingerprint density at radius 2 is 1.74 bits per heavy atom. The Morgan fingerprint density at radius 3 is 2.30 bits per heavy atom. The van der Waals surface area contributed by atoms with Gasteiger partial charge < -0.3 is 5.32 Å². The maximum absolute atomic E-state index is 12.7. The second-order valence-corrected chi connectivity index (χ2v) is 6.28. The fourth-order valence-corrected chi connectivity index (χ4v) is 2.98. The number of nitrogens with zero attached hydrogens (tertiary/aromatic N) is 1. The maximum atomic E-state index is 12.7. The fraction of sp³-hybridized carbons (Fsp3) is 0.647. The Hall–Kier alpha value is -0.780. The van der Waals surface area contributed by atoms with Crippen molar-refractivity contribution in [1.29, 1.82) is 0 Å². The molecule has 1 aromatic carbocycles. The number of hydrogen-bond acceptors (Lipinski definition) is 2. The van der Waals surface area contributed by atoms with Crippen molar-refractivity contribution >= 4 is 12.4 Å². The van der Waals surface area contributed by atoms with Crippen molar-refractivity contribution in [1.82, 2.24) is 10.2 Å². The van der Waals surface area contributed by atoms with Gasteiger partial charge in [-0.2, -0.15) is 13.2 Å². The Labute approximate surface area is 142 Å². The summed E-state index contributed by atoms with van der Waals surface area (Å²) >= 11 is 0. The molecule has 0 aliphatic carbocycles. The van der Waals surface area contributed by atoms with E-state index in [-0.39, 0.29) is 24.9 Å². The number of hydrogen-bond donors (Lipinski definition) is 1. The summed E-state index contributed by atoms with van der Waals surface area (Å²) in [5.74, 6) is 0.381. The predicted octanol–water partition coefficient (Wildman–Crippen LogP) is 4.52. The summed E-state index contributed by atoms with van der Waals surface area (Å²) < 4.78 is 38.0. The number of halogens is 4. The lowest BCUT2D eigenvalue weighted by Gasteiger charge is -2.35. The third-order valence-electron chi connectivity index (χ3n) is 4.26. The van der Waals surface area contributed by atoms with Gasteiger partial charge in [0.15, 0.2) is 0 Å². The molecule has 0 amide bonds. The Balaban J connectivity index is 0.00000264. The van der Waals surface area contributed by atoms with Crippen LogP contribution in [0, 0.1) is 0 Å². The van der Waals surface area contributed by atoms with E-state index in [9.17, 15) is 13.2 Å². The molecule has 0 aromatic heterocycles. The predicted molar refractivity (Wildman–Crippen MR) is 90.3 cm³/mol. The van der Waals surface area contributed by atoms with Crippen molar-refractivity contribution in [3.8, 4) is 0 Å². The van der Waals surface area contributed by atoms with E-state index in [1.807, 2.05) is 18.2 Å². The van der Waals surface area contributed by atoms with Gasteiger partial charge in [-0.1, -0.05) is 38.1 Å². The molecule has 132 valence electrons. The van der Waals surface area contributed by atoms with Crippen molar-refractivity contribution in [3.05, 3.63) is 35.4 Å². The summed E-state index contributed by atoms with van der Waals surface area (Å²) in [5.41, 5.74) is 2.20. The van der Waals surface area contributed by atoms with Gasteiger partial charge in [-0.05, 0) is 23.5 Å². The highest BCUT2D eigenvalue weighted by molar-refractivity contribution is 5.85. The van der Waals surface area contributed by atoms with Crippen LogP contribution in [0.2, 0.25) is 0 Å². The second kappa shape index (κ2) is 8.90. The van der Waals surface area contributed by atoms with Crippen LogP contribution in [0.1, 0.15) is 49.8 Å². The molecule has 23 heavy (non-hydrogen) atoms. The van der Waals surface area contributed by atoms with E-state index >= 15 is 0 Å². The van der Waals surface area contributed by atoms with E-state index < -0.39 is 12.6 Å². The molecule has 2 nitrogen and oxygen atoms in total. The van der Waals surface area contributed by atoms with Crippen LogP contribution >= 0.6 is 12.4 Å². The highest BCUT2D eigenvalue weighted by Gasteiger charge is 2.31. The summed E-state index contributed by atoms with van der Waals surface area (Å²) in [6, 6.07) is 7.91. The number of nitrogens with one attached hydrogen (secondary N) is 1. The molecular weight excluding hydrogens is 325 g/mol. The average molecular weight is 351 g/mol. The molecule has 0 bridgehead atoms. The number of piperazine rings is 1. The molecule has 1 aliphatic heterocycles. The van der Waals surface area contributed by atoms with Gasteiger partial charge in [-0.25, -0.2) is 0 Å². The maximum Gasteiger partial charge on any atom is 0.389 e. The van der Waals surface area contributed by atoms with Crippen molar-refractivity contribution < 1.29 is 13.2 Å². The molecule has 6 heteroatoms. The molecule has 0 unspecified atom stereocenters. The van der Waals surface area contributed by atoms with Crippen molar-refractivity contribution in [2.75, 3.05) is 26.2 Å². The molecular formula is C17H26ClF3N2. The molecule has 1 fully saturated rings. The molecule has 1 heterocycles. The first-order valence-corrected chi connectivity index (χ1v) is 7.98. The minimum Gasteiger partial charge on any atom is -0.314 e. The topological polar surface area (TPSA) is 15.3 Å². The van der Waals surface area contributed by atoms with Crippen LogP contribution in [0.15, 0.2) is 24.3 Å². The van der Waals surface area contributed by atoms with Crippen LogP contribution in [0.3, 0.4) is 0 Å². The number of alkyl halides is 3. The van der Waals surface area contributed by atoms with Gasteiger partial charge in [0.1, 0.15) is 0 Å². The highest BCUT2D eigenvalue weighted by atomic mass is 35.5. The average Bonchev–Trinajstić information content (AvgIpc) is 2.48. The van der Waals surface area contributed by atoms with Crippen LogP contribution < -0.4 is 5.32 Å². The van der Waals surface area contributed by atoms with E-state index in [0.29, 0.717) is 5.92 Å². The molecule has 2 rings (SSSR count). The van der Waals surface area contributed by atoms with E-state index in [0.717, 1.165) is 31.7 Å². The van der Waals surface area contributed by atoms with Crippen LogP contribution in [0.5, 0.6) is 0 Å². The van der Waals surface area contributed by atoms with Gasteiger partial charge >= 0.3 is 6.18 Å². The summed E-state index contributed by atoms with van der Waals surface area (Å²) in [5, 5.41) is 3.26. The van der Waals surface area contributed by atoms with E-state index in [2.05, 4.69) is 30.1 Å². The van der Waals surface area contributed by atoms with Crippen LogP contribution in [0.25, 0.3) is 0 Å². The molecule has 0 spiro atoms. The lowest BCUT2D eigenvalue weighted by molar-refractivity contribution is -0.138. The van der Waals surface area contributed by atoms with Crippen LogP contribution in [-0.2, 0) is 0 Å². The minimum atomic E-state index is -4.10. The molecule has 1 N–H and O–H groups in total.